The summed E-state index contributed by atoms with van der Waals surface area (Å²) in [4.78, 5) is 61.3. The third-order valence-electron chi connectivity index (χ3n) is 6.15. The van der Waals surface area contributed by atoms with Gasteiger partial charge in [0, 0.05) is 13.7 Å². The van der Waals surface area contributed by atoms with Gasteiger partial charge in [0.15, 0.2) is 11.2 Å². The minimum Gasteiger partial charge on any atom is -0.459 e. The van der Waals surface area contributed by atoms with Crippen LogP contribution in [-0.2, 0) is 19.0 Å². The van der Waals surface area contributed by atoms with E-state index in [0.717, 1.165) is 0 Å². The lowest BCUT2D eigenvalue weighted by Crippen LogP contribution is -2.32. The highest BCUT2D eigenvalue weighted by molar-refractivity contribution is 5.91. The summed E-state index contributed by atoms with van der Waals surface area (Å²) in [6.45, 7) is 3.06. The van der Waals surface area contributed by atoms with E-state index in [1.54, 1.807) is 74.5 Å². The van der Waals surface area contributed by atoms with Crippen molar-refractivity contribution in [3.05, 3.63) is 88.5 Å². The molecule has 4 atom stereocenters. The van der Waals surface area contributed by atoms with Crippen molar-refractivity contribution >= 4 is 35.0 Å². The maximum absolute atomic E-state index is 12.9. The van der Waals surface area contributed by atoms with Crippen LogP contribution in [0.4, 0.5) is 5.95 Å². The van der Waals surface area contributed by atoms with Crippen molar-refractivity contribution < 1.29 is 30.0 Å². The van der Waals surface area contributed by atoms with Gasteiger partial charge in [0.05, 0.1) is 17.5 Å². The Hall–Kier alpha value is -4.84. The smallest absolute Gasteiger partial charge is 0.338 e. The van der Waals surface area contributed by atoms with E-state index >= 15 is 0 Å². The van der Waals surface area contributed by atoms with Gasteiger partial charge >= 0.3 is 11.9 Å². The number of amides is 1. The Balaban J connectivity index is 1.44. The van der Waals surface area contributed by atoms with Crippen LogP contribution in [0.25, 0.3) is 11.2 Å². The van der Waals surface area contributed by atoms with Crippen LogP contribution in [0, 0.1) is 5.92 Å². The van der Waals surface area contributed by atoms with Crippen LogP contribution in [0.1, 0.15) is 48.6 Å². The van der Waals surface area contributed by atoms with Gasteiger partial charge in [0.1, 0.15) is 25.0 Å². The molecule has 5 rings (SSSR count). The van der Waals surface area contributed by atoms with Crippen molar-refractivity contribution in [1.82, 2.24) is 19.5 Å². The third-order valence-corrected chi connectivity index (χ3v) is 6.15. The molecule has 12 heteroatoms. The molecule has 1 aliphatic heterocycles. The van der Waals surface area contributed by atoms with E-state index in [0.29, 0.717) is 5.56 Å². The third kappa shape index (κ3) is 5.76. The summed E-state index contributed by atoms with van der Waals surface area (Å²) in [5, 5.41) is 2.54. The minimum atomic E-state index is -1.23. The molecule has 4 aromatic rings. The highest BCUT2D eigenvalue weighted by Gasteiger charge is 2.41. The van der Waals surface area contributed by atoms with Crippen LogP contribution >= 0.6 is 0 Å². The number of benzene rings is 2. The zero-order valence-electron chi connectivity index (χ0n) is 22.6. The number of anilines is 1. The molecule has 40 heavy (non-hydrogen) atoms. The number of aromatic nitrogens is 4. The monoisotopic (exact) mass is 546 g/mol. The SMILES string of the molecule is [2H][C@H]1[C@H](OC(=O)c2ccccc2)[C@@H](COC(=O)c2ccccc2)O[C@H]1n1cnc2c(=O)[nH]c(NC(=O)C(C)C)nc21. The molecule has 0 unspecified atom stereocenters. The molecule has 1 fully saturated rings. The predicted octanol–water partition coefficient (Wildman–Crippen LogP) is 3.08. The summed E-state index contributed by atoms with van der Waals surface area (Å²) >= 11 is 0. The van der Waals surface area contributed by atoms with Crippen molar-refractivity contribution in [2.24, 2.45) is 5.92 Å². The van der Waals surface area contributed by atoms with Crippen LogP contribution in [-0.4, -0.2) is 56.2 Å². The topological polar surface area (TPSA) is 154 Å². The zero-order valence-corrected chi connectivity index (χ0v) is 21.6. The molecule has 1 amide bonds. The van der Waals surface area contributed by atoms with Gasteiger partial charge in [-0.1, -0.05) is 50.2 Å². The summed E-state index contributed by atoms with van der Waals surface area (Å²) < 4.78 is 27.6. The van der Waals surface area contributed by atoms with Crippen molar-refractivity contribution in [2.75, 3.05) is 11.9 Å². The summed E-state index contributed by atoms with van der Waals surface area (Å²) in [5.74, 6) is -2.11. The first kappa shape index (κ1) is 25.4. The fraction of sp³-hybridized carbons (Fsp3) is 0.286. The Kier molecular flexibility index (Phi) is 7.31. The summed E-state index contributed by atoms with van der Waals surface area (Å²) in [5.41, 5.74) is -0.00437. The normalized spacial score (nSPS) is 20.7. The minimum absolute atomic E-state index is 0.0415. The van der Waals surface area contributed by atoms with E-state index in [9.17, 15) is 19.2 Å². The Morgan fingerprint density at radius 3 is 2.40 bits per heavy atom. The molecule has 206 valence electrons. The van der Waals surface area contributed by atoms with Crippen molar-refractivity contribution in [3.8, 4) is 0 Å². The van der Waals surface area contributed by atoms with Crippen LogP contribution in [0.3, 0.4) is 0 Å². The number of ether oxygens (including phenoxy) is 3. The van der Waals surface area contributed by atoms with Gasteiger partial charge in [-0.2, -0.15) is 4.98 Å². The fourth-order valence-electron chi connectivity index (χ4n) is 4.01. The quantitative estimate of drug-likeness (QED) is 0.317. The Morgan fingerprint density at radius 1 is 1.10 bits per heavy atom. The van der Waals surface area contributed by atoms with Crippen molar-refractivity contribution in [1.29, 1.82) is 0 Å². The summed E-state index contributed by atoms with van der Waals surface area (Å²) in [7, 11) is 0. The van der Waals surface area contributed by atoms with Crippen LogP contribution in [0.2, 0.25) is 0 Å². The molecule has 2 aromatic carbocycles. The van der Waals surface area contributed by atoms with Gasteiger partial charge in [-0.3, -0.25) is 24.5 Å². The number of nitrogens with one attached hydrogen (secondary N) is 2. The molecule has 0 saturated carbocycles. The Bertz CT molecular complexity index is 1620. The lowest BCUT2D eigenvalue weighted by Gasteiger charge is -2.19. The number of H-pyrrole nitrogens is 1. The first-order valence-corrected chi connectivity index (χ1v) is 12.6. The first-order valence-electron chi connectivity index (χ1n) is 13.1. The second-order valence-electron chi connectivity index (χ2n) is 9.34. The number of rotatable bonds is 8. The van der Waals surface area contributed by atoms with E-state index < -0.39 is 42.3 Å². The molecule has 2 aromatic heterocycles. The maximum atomic E-state index is 12.9. The van der Waals surface area contributed by atoms with Gasteiger partial charge < -0.3 is 14.2 Å². The number of imidazole rings is 1. The van der Waals surface area contributed by atoms with E-state index in [1.807, 2.05) is 0 Å². The number of nitrogens with zero attached hydrogens (tertiary/aromatic N) is 3. The standard InChI is InChI=1S/C28H27N5O7/c1-16(2)24(34)31-28-30-23-22(25(35)32-28)29-15-33(23)21-13-19(40-27(37)18-11-7-4-8-12-18)20(39-21)14-38-26(36)17-9-5-3-6-10-17/h3-12,15-16,19-21H,13-14H2,1-2H3,(H2,30,31,32,34,35)/t19-,20+,21+/m0/s1/i13D/t13-,19-,20+,21+. The highest BCUT2D eigenvalue weighted by atomic mass is 16.6. The van der Waals surface area contributed by atoms with Gasteiger partial charge in [0.2, 0.25) is 11.9 Å². The largest absolute Gasteiger partial charge is 0.459 e. The number of carbonyl (C=O) groups is 3. The molecule has 1 aliphatic rings. The molecule has 0 bridgehead atoms. The predicted molar refractivity (Wildman–Crippen MR) is 143 cm³/mol. The second kappa shape index (κ2) is 11.5. The molecule has 1 saturated heterocycles. The second-order valence-corrected chi connectivity index (χ2v) is 9.34. The summed E-state index contributed by atoms with van der Waals surface area (Å²) in [6.07, 6.45) is -3.26. The fourth-order valence-corrected chi connectivity index (χ4v) is 4.01. The molecule has 0 radical (unpaired) electrons. The van der Waals surface area contributed by atoms with Gasteiger partial charge in [-0.25, -0.2) is 14.6 Å². The van der Waals surface area contributed by atoms with Crippen molar-refractivity contribution in [2.45, 2.75) is 38.7 Å². The Morgan fingerprint density at radius 2 is 1.75 bits per heavy atom. The molecule has 0 aliphatic carbocycles. The molecule has 12 nitrogen and oxygen atoms in total. The number of hydrogen-bond acceptors (Lipinski definition) is 9. The highest BCUT2D eigenvalue weighted by Crippen LogP contribution is 2.33. The van der Waals surface area contributed by atoms with E-state index in [-0.39, 0.29) is 41.1 Å². The van der Waals surface area contributed by atoms with Crippen LogP contribution < -0.4 is 10.9 Å². The Labute approximate surface area is 229 Å². The zero-order chi connectivity index (χ0) is 29.1. The van der Waals surface area contributed by atoms with E-state index in [4.69, 9.17) is 15.6 Å². The number of esters is 2. The molecule has 0 spiro atoms. The average Bonchev–Trinajstić information content (AvgIpc) is 3.53. The lowest BCUT2D eigenvalue weighted by molar-refractivity contribution is -0.118. The number of carbonyl (C=O) groups excluding carboxylic acids is 3. The number of fused-ring (bicyclic) bond motifs is 1. The van der Waals surface area contributed by atoms with E-state index in [1.165, 1.54) is 10.9 Å². The number of hydrogen-bond donors (Lipinski definition) is 2. The maximum Gasteiger partial charge on any atom is 0.338 e. The van der Waals surface area contributed by atoms with Gasteiger partial charge in [-0.15, -0.1) is 0 Å². The van der Waals surface area contributed by atoms with Crippen LogP contribution in [0.5, 0.6) is 0 Å². The van der Waals surface area contributed by atoms with Crippen molar-refractivity contribution in [3.63, 3.8) is 0 Å². The molecule has 3 heterocycles. The van der Waals surface area contributed by atoms with Gasteiger partial charge in [-0.05, 0) is 24.3 Å². The van der Waals surface area contributed by atoms with E-state index in [2.05, 4.69) is 20.3 Å². The lowest BCUT2D eigenvalue weighted by atomic mass is 10.1. The first-order chi connectivity index (χ1) is 19.7. The average molecular weight is 547 g/mol. The molecular weight excluding hydrogens is 518 g/mol. The van der Waals surface area contributed by atoms with Crippen LogP contribution in [0.15, 0.2) is 71.8 Å². The number of aromatic amines is 1. The molecular formula is C28H27N5O7. The summed E-state index contributed by atoms with van der Waals surface area (Å²) in [6, 6.07) is 16.6. The van der Waals surface area contributed by atoms with Gasteiger partial charge in [0.25, 0.3) is 5.56 Å². The molecule has 2 N–H and O–H groups in total.